The van der Waals surface area contributed by atoms with Crippen molar-refractivity contribution in [2.45, 2.75) is 72.8 Å². The lowest BCUT2D eigenvalue weighted by Gasteiger charge is -2.23. The highest BCUT2D eigenvalue weighted by Gasteiger charge is 2.22. The predicted molar refractivity (Wildman–Crippen MR) is 128 cm³/mol. The van der Waals surface area contributed by atoms with Crippen LogP contribution in [0.2, 0.25) is 0 Å². The molecule has 1 heterocycles. The number of ether oxygens (including phenoxy) is 1. The van der Waals surface area contributed by atoms with Gasteiger partial charge in [0, 0.05) is 28.2 Å². The zero-order valence-electron chi connectivity index (χ0n) is 19.7. The van der Waals surface area contributed by atoms with Gasteiger partial charge >= 0.3 is 6.09 Å². The van der Waals surface area contributed by atoms with Crippen molar-refractivity contribution in [2.75, 3.05) is 6.26 Å². The van der Waals surface area contributed by atoms with Crippen molar-refractivity contribution in [3.63, 3.8) is 0 Å². The molecule has 0 saturated carbocycles. The predicted octanol–water partition coefficient (Wildman–Crippen LogP) is 6.45. The lowest BCUT2D eigenvalue weighted by Crippen LogP contribution is -2.40. The van der Waals surface area contributed by atoms with Crippen molar-refractivity contribution in [3.8, 4) is 11.1 Å². The normalized spacial score (nSPS) is 11.6. The largest absolute Gasteiger partial charge is 0.445 e. The fraction of sp³-hybridized carbons (Fsp3) is 0.520. The molecule has 5 heteroatoms. The van der Waals surface area contributed by atoms with Gasteiger partial charge in [0.2, 0.25) is 0 Å². The highest BCUT2D eigenvalue weighted by atomic mass is 32.2. The van der Waals surface area contributed by atoms with Crippen molar-refractivity contribution < 1.29 is 9.53 Å². The molecule has 0 bridgehead atoms. The summed E-state index contributed by atoms with van der Waals surface area (Å²) < 4.78 is 5.69. The number of thioether (sulfide) groups is 1. The van der Waals surface area contributed by atoms with Crippen molar-refractivity contribution in [3.05, 3.63) is 52.3 Å². The Labute approximate surface area is 186 Å². The fourth-order valence-electron chi connectivity index (χ4n) is 3.43. The number of aryl methyl sites for hydroxylation is 2. The molecule has 1 amide bonds. The van der Waals surface area contributed by atoms with E-state index in [1.807, 2.05) is 20.8 Å². The van der Waals surface area contributed by atoms with Gasteiger partial charge < -0.3 is 10.1 Å². The van der Waals surface area contributed by atoms with Gasteiger partial charge in [-0.2, -0.15) is 11.8 Å². The smallest absolute Gasteiger partial charge is 0.407 e. The molecule has 2 rings (SSSR count). The summed E-state index contributed by atoms with van der Waals surface area (Å²) in [5.41, 5.74) is 7.50. The number of hydrogen-bond donors (Lipinski definition) is 1. The number of carbonyl (C=O) groups is 1. The number of benzene rings is 1. The number of hydrogen-bond acceptors (Lipinski definition) is 4. The highest BCUT2D eigenvalue weighted by Crippen LogP contribution is 2.35. The molecule has 0 aliphatic heterocycles. The summed E-state index contributed by atoms with van der Waals surface area (Å²) in [4.78, 5) is 17.3. The van der Waals surface area contributed by atoms with Gasteiger partial charge in [-0.15, -0.1) is 0 Å². The minimum atomic E-state index is -0.403. The van der Waals surface area contributed by atoms with Crippen molar-refractivity contribution in [1.29, 1.82) is 0 Å². The Morgan fingerprint density at radius 3 is 2.30 bits per heavy atom. The monoisotopic (exact) mass is 428 g/mol. The molecule has 0 unspecified atom stereocenters. The van der Waals surface area contributed by atoms with Crippen LogP contribution in [0.4, 0.5) is 4.79 Å². The van der Waals surface area contributed by atoms with Crippen molar-refractivity contribution >= 4 is 17.9 Å². The van der Waals surface area contributed by atoms with Crippen LogP contribution in [-0.2, 0) is 23.5 Å². The SMILES string of the molecule is CSCc1c(C)nc(CC(C)C)c(COC(=O)NC(C)(C)C)c1-c1ccc(C)cc1. The Balaban J connectivity index is 2.59. The van der Waals surface area contributed by atoms with Gasteiger partial charge in [-0.1, -0.05) is 43.7 Å². The first-order valence-electron chi connectivity index (χ1n) is 10.5. The van der Waals surface area contributed by atoms with E-state index in [4.69, 9.17) is 9.72 Å². The molecule has 164 valence electrons. The number of rotatable bonds is 7. The number of carbonyl (C=O) groups excluding carboxylic acids is 1. The highest BCUT2D eigenvalue weighted by molar-refractivity contribution is 7.97. The standard InChI is InChI=1S/C25H36N2O2S/c1-16(2)13-22-20(14-29-24(28)27-25(5,6)7)23(19-11-9-17(3)10-12-19)21(15-30-8)18(4)26-22/h9-12,16H,13-15H2,1-8H3,(H,27,28). The molecule has 4 nitrogen and oxygen atoms in total. The van der Waals surface area contributed by atoms with E-state index in [2.05, 4.69) is 63.5 Å². The van der Waals surface area contributed by atoms with Crippen LogP contribution < -0.4 is 5.32 Å². The fourth-order valence-corrected chi connectivity index (χ4v) is 4.07. The molecule has 0 atom stereocenters. The number of alkyl carbamates (subject to hydrolysis) is 1. The summed E-state index contributed by atoms with van der Waals surface area (Å²) in [6.07, 6.45) is 2.55. The van der Waals surface area contributed by atoms with E-state index in [1.54, 1.807) is 11.8 Å². The van der Waals surface area contributed by atoms with Gasteiger partial charge in [0.15, 0.2) is 0 Å². The van der Waals surface area contributed by atoms with Gasteiger partial charge in [-0.05, 0) is 69.9 Å². The molecule has 0 radical (unpaired) electrons. The topological polar surface area (TPSA) is 51.2 Å². The lowest BCUT2D eigenvalue weighted by molar-refractivity contribution is 0.131. The number of nitrogens with zero attached hydrogens (tertiary/aromatic N) is 1. The molecule has 2 aromatic rings. The van der Waals surface area contributed by atoms with Crippen LogP contribution in [-0.4, -0.2) is 22.9 Å². The summed E-state index contributed by atoms with van der Waals surface area (Å²) in [6.45, 7) is 14.6. The molecule has 0 saturated heterocycles. The number of nitrogens with one attached hydrogen (secondary N) is 1. The van der Waals surface area contributed by atoms with Gasteiger partial charge in [-0.25, -0.2) is 4.79 Å². The zero-order chi connectivity index (χ0) is 22.5. The number of pyridine rings is 1. The Morgan fingerprint density at radius 2 is 1.77 bits per heavy atom. The second-order valence-electron chi connectivity index (χ2n) is 9.32. The quantitative estimate of drug-likeness (QED) is 0.550. The van der Waals surface area contributed by atoms with Gasteiger partial charge in [0.25, 0.3) is 0 Å². The molecule has 1 aromatic carbocycles. The van der Waals surface area contributed by atoms with Crippen LogP contribution in [0, 0.1) is 19.8 Å². The van der Waals surface area contributed by atoms with Crippen LogP contribution in [0.1, 0.15) is 62.7 Å². The third kappa shape index (κ3) is 6.76. The Bertz CT molecular complexity index is 868. The van der Waals surface area contributed by atoms with E-state index >= 15 is 0 Å². The van der Waals surface area contributed by atoms with E-state index in [1.165, 1.54) is 11.1 Å². The Hall–Kier alpha value is -2.01. The molecule has 30 heavy (non-hydrogen) atoms. The van der Waals surface area contributed by atoms with E-state index < -0.39 is 6.09 Å². The van der Waals surface area contributed by atoms with Crippen LogP contribution >= 0.6 is 11.8 Å². The maximum Gasteiger partial charge on any atom is 0.407 e. The Morgan fingerprint density at radius 1 is 1.13 bits per heavy atom. The summed E-state index contributed by atoms with van der Waals surface area (Å²) in [5.74, 6) is 1.32. The second kappa shape index (κ2) is 10.3. The maximum absolute atomic E-state index is 12.4. The third-order valence-electron chi connectivity index (χ3n) is 4.75. The van der Waals surface area contributed by atoms with Crippen LogP contribution in [0.15, 0.2) is 24.3 Å². The summed E-state index contributed by atoms with van der Waals surface area (Å²) in [7, 11) is 0. The van der Waals surface area contributed by atoms with Crippen LogP contribution in [0.3, 0.4) is 0 Å². The van der Waals surface area contributed by atoms with Gasteiger partial charge in [-0.3, -0.25) is 4.98 Å². The number of amides is 1. The van der Waals surface area contributed by atoms with Crippen LogP contribution in [0.5, 0.6) is 0 Å². The molecular weight excluding hydrogens is 392 g/mol. The number of aromatic nitrogens is 1. The minimum Gasteiger partial charge on any atom is -0.445 e. The summed E-state index contributed by atoms with van der Waals surface area (Å²) in [6, 6.07) is 8.58. The zero-order valence-corrected chi connectivity index (χ0v) is 20.5. The summed E-state index contributed by atoms with van der Waals surface area (Å²) >= 11 is 1.78. The van der Waals surface area contributed by atoms with Gasteiger partial charge in [0.05, 0.1) is 0 Å². The average molecular weight is 429 g/mol. The van der Waals surface area contributed by atoms with E-state index in [0.717, 1.165) is 40.3 Å². The van der Waals surface area contributed by atoms with E-state index in [-0.39, 0.29) is 12.1 Å². The molecule has 0 fully saturated rings. The minimum absolute atomic E-state index is 0.210. The van der Waals surface area contributed by atoms with E-state index in [9.17, 15) is 4.79 Å². The second-order valence-corrected chi connectivity index (χ2v) is 10.2. The van der Waals surface area contributed by atoms with Gasteiger partial charge in [0.1, 0.15) is 6.61 Å². The third-order valence-corrected chi connectivity index (χ3v) is 5.32. The maximum atomic E-state index is 12.4. The van der Waals surface area contributed by atoms with Crippen molar-refractivity contribution in [2.24, 2.45) is 5.92 Å². The average Bonchev–Trinajstić information content (AvgIpc) is 2.61. The summed E-state index contributed by atoms with van der Waals surface area (Å²) in [5, 5.41) is 2.88. The Kier molecular flexibility index (Phi) is 8.36. The molecular formula is C25H36N2O2S. The lowest BCUT2D eigenvalue weighted by atomic mass is 9.90. The van der Waals surface area contributed by atoms with E-state index in [0.29, 0.717) is 5.92 Å². The first kappa shape index (κ1) is 24.3. The molecule has 0 spiro atoms. The molecule has 1 aromatic heterocycles. The molecule has 1 N–H and O–H groups in total. The van der Waals surface area contributed by atoms with Crippen molar-refractivity contribution in [1.82, 2.24) is 10.3 Å². The van der Waals surface area contributed by atoms with Crippen LogP contribution in [0.25, 0.3) is 11.1 Å². The molecule has 0 aliphatic rings. The first-order valence-corrected chi connectivity index (χ1v) is 11.9. The molecule has 0 aliphatic carbocycles. The first-order chi connectivity index (χ1) is 14.0.